The van der Waals surface area contributed by atoms with Gasteiger partial charge in [0.2, 0.25) is 0 Å². The molecule has 0 saturated heterocycles. The molecule has 0 aliphatic rings. The van der Waals surface area contributed by atoms with Gasteiger partial charge in [0.1, 0.15) is 11.3 Å². The summed E-state index contributed by atoms with van der Waals surface area (Å²) in [7, 11) is 0. The van der Waals surface area contributed by atoms with Crippen molar-refractivity contribution in [1.29, 1.82) is 0 Å². The molecule has 0 spiro atoms. The van der Waals surface area contributed by atoms with Crippen LogP contribution in [0.5, 0.6) is 5.75 Å². The zero-order valence-electron chi connectivity index (χ0n) is 16.1. The smallest absolute Gasteiger partial charge is 0.275 e. The fourth-order valence-corrected chi connectivity index (χ4v) is 2.76. The summed E-state index contributed by atoms with van der Waals surface area (Å²) >= 11 is 0. The Balaban J connectivity index is 1.66. The monoisotopic (exact) mass is 391 g/mol. The van der Waals surface area contributed by atoms with Crippen LogP contribution in [0.4, 0.5) is 0 Å². The number of aromatic nitrogens is 1. The fraction of sp³-hybridized carbons (Fsp3) is 0.136. The van der Waals surface area contributed by atoms with Crippen LogP contribution in [-0.2, 0) is 0 Å². The van der Waals surface area contributed by atoms with E-state index in [1.165, 1.54) is 6.07 Å². The topological polar surface area (TPSA) is 100 Å². The predicted molar refractivity (Wildman–Crippen MR) is 110 cm³/mol. The van der Waals surface area contributed by atoms with Crippen molar-refractivity contribution in [3.8, 4) is 17.0 Å². The van der Waals surface area contributed by atoms with Crippen LogP contribution in [-0.4, -0.2) is 23.4 Å². The second-order valence-electron chi connectivity index (χ2n) is 6.35. The third-order valence-electron chi connectivity index (χ3n) is 4.20. The first-order valence-corrected chi connectivity index (χ1v) is 9.12. The predicted octanol–water partition coefficient (Wildman–Crippen LogP) is 2.82. The molecule has 7 nitrogen and oxygen atoms in total. The molecule has 0 atom stereocenters. The molecule has 0 aliphatic heterocycles. The van der Waals surface area contributed by atoms with Crippen molar-refractivity contribution in [1.82, 2.24) is 15.8 Å². The molecule has 2 amide bonds. The molecule has 0 fully saturated rings. The van der Waals surface area contributed by atoms with Crippen molar-refractivity contribution in [3.63, 3.8) is 0 Å². The van der Waals surface area contributed by atoms with Gasteiger partial charge in [0.05, 0.1) is 6.61 Å². The van der Waals surface area contributed by atoms with E-state index in [0.717, 1.165) is 11.1 Å². The molecule has 148 valence electrons. The second kappa shape index (κ2) is 8.88. The van der Waals surface area contributed by atoms with Gasteiger partial charge >= 0.3 is 0 Å². The van der Waals surface area contributed by atoms with E-state index in [-0.39, 0.29) is 5.56 Å². The third-order valence-corrected chi connectivity index (χ3v) is 4.20. The van der Waals surface area contributed by atoms with Crippen molar-refractivity contribution in [2.45, 2.75) is 13.8 Å². The van der Waals surface area contributed by atoms with E-state index in [9.17, 15) is 14.4 Å². The number of aromatic amines is 1. The molecular weight excluding hydrogens is 370 g/mol. The number of rotatable bonds is 5. The van der Waals surface area contributed by atoms with Crippen LogP contribution in [0.25, 0.3) is 11.3 Å². The summed E-state index contributed by atoms with van der Waals surface area (Å²) in [6.45, 7) is 4.35. The standard InChI is InChI=1S/C22H21N3O4/c1-3-29-17-9-7-15(8-10-17)20(26)24-25-22(28)18-11-12-19(23-21(18)27)16-6-4-5-14(2)13-16/h4-13H,3H2,1-2H3,(H,23,27)(H,24,26)(H,25,28). The van der Waals surface area contributed by atoms with E-state index < -0.39 is 17.4 Å². The number of nitrogens with one attached hydrogen (secondary N) is 3. The van der Waals surface area contributed by atoms with Crippen LogP contribution in [0, 0.1) is 6.92 Å². The molecule has 1 heterocycles. The lowest BCUT2D eigenvalue weighted by atomic mass is 10.1. The highest BCUT2D eigenvalue weighted by Gasteiger charge is 2.13. The van der Waals surface area contributed by atoms with E-state index in [0.29, 0.717) is 23.6 Å². The zero-order valence-corrected chi connectivity index (χ0v) is 16.1. The Labute approximate surface area is 167 Å². The van der Waals surface area contributed by atoms with Gasteiger partial charge in [-0.25, -0.2) is 0 Å². The van der Waals surface area contributed by atoms with Crippen molar-refractivity contribution >= 4 is 11.8 Å². The molecule has 29 heavy (non-hydrogen) atoms. The maximum atomic E-state index is 12.3. The van der Waals surface area contributed by atoms with Gasteiger partial charge in [0.15, 0.2) is 0 Å². The van der Waals surface area contributed by atoms with E-state index in [1.807, 2.05) is 38.1 Å². The van der Waals surface area contributed by atoms with E-state index >= 15 is 0 Å². The first-order valence-electron chi connectivity index (χ1n) is 9.12. The number of amides is 2. The van der Waals surface area contributed by atoms with Crippen LogP contribution in [0.2, 0.25) is 0 Å². The molecule has 1 aromatic heterocycles. The van der Waals surface area contributed by atoms with Crippen molar-refractivity contribution in [3.05, 3.63) is 87.7 Å². The Bertz CT molecular complexity index is 1090. The lowest BCUT2D eigenvalue weighted by Crippen LogP contribution is -2.43. The Hall–Kier alpha value is -3.87. The summed E-state index contributed by atoms with van der Waals surface area (Å²) in [6, 6.07) is 17.2. The second-order valence-corrected chi connectivity index (χ2v) is 6.35. The third kappa shape index (κ3) is 4.90. The minimum Gasteiger partial charge on any atom is -0.494 e. The molecule has 0 unspecified atom stereocenters. The van der Waals surface area contributed by atoms with Gasteiger partial charge in [-0.1, -0.05) is 23.8 Å². The number of ether oxygens (including phenoxy) is 1. The number of carbonyl (C=O) groups excluding carboxylic acids is 2. The Morgan fingerprint density at radius 3 is 2.34 bits per heavy atom. The average Bonchev–Trinajstić information content (AvgIpc) is 2.72. The summed E-state index contributed by atoms with van der Waals surface area (Å²) in [6.07, 6.45) is 0. The quantitative estimate of drug-likeness (QED) is 0.582. The van der Waals surface area contributed by atoms with E-state index in [2.05, 4.69) is 15.8 Å². The minimum absolute atomic E-state index is 0.103. The highest BCUT2D eigenvalue weighted by molar-refractivity contribution is 5.99. The SMILES string of the molecule is CCOc1ccc(C(=O)NNC(=O)c2ccc(-c3cccc(C)c3)[nH]c2=O)cc1. The Kier molecular flexibility index (Phi) is 6.09. The first-order chi connectivity index (χ1) is 14.0. The van der Waals surface area contributed by atoms with Gasteiger partial charge < -0.3 is 9.72 Å². The number of hydrazine groups is 1. The average molecular weight is 391 g/mol. The van der Waals surface area contributed by atoms with Crippen molar-refractivity contribution < 1.29 is 14.3 Å². The van der Waals surface area contributed by atoms with E-state index in [4.69, 9.17) is 4.74 Å². The zero-order chi connectivity index (χ0) is 20.8. The Morgan fingerprint density at radius 2 is 1.69 bits per heavy atom. The summed E-state index contributed by atoms with van der Waals surface area (Å²) in [5.41, 5.74) is 6.76. The molecule has 3 N–H and O–H groups in total. The minimum atomic E-state index is -0.707. The largest absolute Gasteiger partial charge is 0.494 e. The highest BCUT2D eigenvalue weighted by atomic mass is 16.5. The number of benzene rings is 2. The number of hydrogen-bond donors (Lipinski definition) is 3. The number of H-pyrrole nitrogens is 1. The maximum Gasteiger partial charge on any atom is 0.275 e. The summed E-state index contributed by atoms with van der Waals surface area (Å²) in [4.78, 5) is 39.4. The normalized spacial score (nSPS) is 10.3. The van der Waals surface area contributed by atoms with Gasteiger partial charge in [-0.3, -0.25) is 25.2 Å². The van der Waals surface area contributed by atoms with Gasteiger partial charge in [-0.2, -0.15) is 0 Å². The lowest BCUT2D eigenvalue weighted by Gasteiger charge is -2.09. The lowest BCUT2D eigenvalue weighted by molar-refractivity contribution is 0.0846. The van der Waals surface area contributed by atoms with Crippen LogP contribution in [0.3, 0.4) is 0 Å². The van der Waals surface area contributed by atoms with Crippen LogP contribution >= 0.6 is 0 Å². The van der Waals surface area contributed by atoms with Crippen LogP contribution < -0.4 is 21.1 Å². The van der Waals surface area contributed by atoms with Gasteiger partial charge in [-0.05, 0) is 61.9 Å². The molecule has 0 radical (unpaired) electrons. The highest BCUT2D eigenvalue weighted by Crippen LogP contribution is 2.17. The summed E-state index contributed by atoms with van der Waals surface area (Å²) in [5, 5.41) is 0. The van der Waals surface area contributed by atoms with Crippen molar-refractivity contribution in [2.75, 3.05) is 6.61 Å². The molecule has 0 saturated carbocycles. The molecule has 0 bridgehead atoms. The van der Waals surface area contributed by atoms with Crippen molar-refractivity contribution in [2.24, 2.45) is 0 Å². The molecule has 7 heteroatoms. The van der Waals surface area contributed by atoms with Crippen LogP contribution in [0.1, 0.15) is 33.2 Å². The first kappa shape index (κ1) is 19.9. The molecule has 0 aliphatic carbocycles. The number of pyridine rings is 1. The number of carbonyl (C=O) groups is 2. The van der Waals surface area contributed by atoms with Gasteiger partial charge in [0, 0.05) is 11.3 Å². The summed E-state index contributed by atoms with van der Waals surface area (Å²) in [5.74, 6) is -0.566. The molecule has 2 aromatic carbocycles. The molecular formula is C22H21N3O4. The molecule has 3 aromatic rings. The molecule has 3 rings (SSSR count). The number of aryl methyl sites for hydroxylation is 1. The maximum absolute atomic E-state index is 12.3. The number of hydrogen-bond acceptors (Lipinski definition) is 4. The summed E-state index contributed by atoms with van der Waals surface area (Å²) < 4.78 is 5.32. The van der Waals surface area contributed by atoms with Crippen LogP contribution in [0.15, 0.2) is 65.5 Å². The van der Waals surface area contributed by atoms with E-state index in [1.54, 1.807) is 30.3 Å². The Morgan fingerprint density at radius 1 is 0.966 bits per heavy atom. The fourth-order valence-electron chi connectivity index (χ4n) is 2.76. The van der Waals surface area contributed by atoms with Gasteiger partial charge in [0.25, 0.3) is 17.4 Å². The van der Waals surface area contributed by atoms with Gasteiger partial charge in [-0.15, -0.1) is 0 Å².